The molecule has 1 amide bonds. The van der Waals surface area contributed by atoms with Crippen molar-refractivity contribution in [3.63, 3.8) is 0 Å². The Hall–Kier alpha value is -2.10. The summed E-state index contributed by atoms with van der Waals surface area (Å²) < 4.78 is 39.3. The first-order valence-corrected chi connectivity index (χ1v) is 10.9. The fourth-order valence-electron chi connectivity index (χ4n) is 3.41. The Balaban J connectivity index is 2.32. The van der Waals surface area contributed by atoms with Crippen molar-refractivity contribution in [2.45, 2.75) is 32.1 Å². The molecule has 2 rings (SSSR count). The minimum absolute atomic E-state index is 0.00621. The van der Waals surface area contributed by atoms with Crippen molar-refractivity contribution in [3.05, 3.63) is 48.6 Å². The lowest BCUT2D eigenvalue weighted by molar-refractivity contribution is -0.149. The fraction of sp³-hybridized carbons (Fsp3) is 0.474. The van der Waals surface area contributed by atoms with Gasteiger partial charge in [-0.2, -0.15) is 8.42 Å². The van der Waals surface area contributed by atoms with Crippen LogP contribution in [0, 0.1) is 5.41 Å². The summed E-state index contributed by atoms with van der Waals surface area (Å²) in [6, 6.07) is 7.89. The Morgan fingerprint density at radius 1 is 1.34 bits per heavy atom. The van der Waals surface area contributed by atoms with Gasteiger partial charge in [-0.05, 0) is 12.0 Å². The number of likely N-dealkylation sites (tertiary alicyclic amines) is 1. The molecule has 1 aromatic rings. The van der Waals surface area contributed by atoms with Crippen molar-refractivity contribution in [2.24, 2.45) is 5.41 Å². The van der Waals surface area contributed by atoms with E-state index in [0.717, 1.165) is 10.5 Å². The highest BCUT2D eigenvalue weighted by Gasteiger charge is 2.58. The van der Waals surface area contributed by atoms with Crippen molar-refractivity contribution < 1.29 is 31.7 Å². The van der Waals surface area contributed by atoms with E-state index in [4.69, 9.17) is 25.3 Å². The summed E-state index contributed by atoms with van der Waals surface area (Å²) in [6.45, 7) is 5.11. The van der Waals surface area contributed by atoms with Gasteiger partial charge < -0.3 is 9.47 Å². The largest absolute Gasteiger partial charge is 0.467 e. The van der Waals surface area contributed by atoms with E-state index in [1.165, 1.54) is 13.2 Å². The van der Waals surface area contributed by atoms with Crippen LogP contribution in [-0.2, 0) is 35.2 Å². The first kappa shape index (κ1) is 23.2. The van der Waals surface area contributed by atoms with Crippen LogP contribution in [0.15, 0.2) is 43.0 Å². The van der Waals surface area contributed by atoms with Gasteiger partial charge in [0.15, 0.2) is 0 Å². The van der Waals surface area contributed by atoms with Gasteiger partial charge in [-0.15, -0.1) is 18.2 Å². The zero-order valence-corrected chi connectivity index (χ0v) is 17.8. The molecule has 0 saturated carbocycles. The molecule has 0 bridgehead atoms. The van der Waals surface area contributed by atoms with Crippen LogP contribution in [0.2, 0.25) is 0 Å². The number of esters is 1. The molecule has 1 heterocycles. The fourth-order valence-corrected chi connectivity index (χ4v) is 4.25. The van der Waals surface area contributed by atoms with E-state index in [2.05, 4.69) is 6.58 Å². The number of methoxy groups -OCH3 is 1. The lowest BCUT2D eigenvalue weighted by Crippen LogP contribution is -2.49. The van der Waals surface area contributed by atoms with Crippen LogP contribution < -0.4 is 0 Å². The molecule has 1 fully saturated rings. The highest BCUT2D eigenvalue weighted by atomic mass is 35.5. The molecule has 8 nitrogen and oxygen atoms in total. The standard InChI is InChI=1S/C19H24ClNO7S/c1-4-10-19(2)15(28-29(24,25)13-20)11-21(16(19)17(22)26-3)18(23)27-12-14-8-6-5-7-9-14/h4-9,15-16H,1,10-13H2,2-3H3/t15?,16-,19-/m1/s1. The number of halogens is 1. The summed E-state index contributed by atoms with van der Waals surface area (Å²) in [5.74, 6) is -0.708. The van der Waals surface area contributed by atoms with Crippen molar-refractivity contribution in [2.75, 3.05) is 18.9 Å². The molecule has 0 N–H and O–H groups in total. The number of hydrogen-bond acceptors (Lipinski definition) is 7. The smallest absolute Gasteiger partial charge is 0.410 e. The maximum absolute atomic E-state index is 12.8. The molecule has 1 unspecified atom stereocenters. The van der Waals surface area contributed by atoms with Crippen LogP contribution in [0.5, 0.6) is 0 Å². The van der Waals surface area contributed by atoms with Gasteiger partial charge in [-0.3, -0.25) is 9.08 Å². The summed E-state index contributed by atoms with van der Waals surface area (Å²) in [6.07, 6.45) is -0.0950. The predicted molar refractivity (Wildman–Crippen MR) is 107 cm³/mol. The number of alkyl halides is 1. The van der Waals surface area contributed by atoms with E-state index < -0.39 is 45.0 Å². The Morgan fingerprint density at radius 2 is 2.00 bits per heavy atom. The summed E-state index contributed by atoms with van der Waals surface area (Å²) in [7, 11) is -2.86. The average molecular weight is 446 g/mol. The normalized spacial score (nSPS) is 24.2. The van der Waals surface area contributed by atoms with E-state index in [0.29, 0.717) is 0 Å². The van der Waals surface area contributed by atoms with Crippen molar-refractivity contribution in [3.8, 4) is 0 Å². The van der Waals surface area contributed by atoms with Crippen molar-refractivity contribution in [1.29, 1.82) is 0 Å². The van der Waals surface area contributed by atoms with E-state index in [9.17, 15) is 18.0 Å². The number of hydrogen-bond donors (Lipinski definition) is 0. The second-order valence-corrected chi connectivity index (χ2v) is 9.05. The molecular formula is C19H24ClNO7S. The summed E-state index contributed by atoms with van der Waals surface area (Å²) in [4.78, 5) is 26.4. The number of rotatable bonds is 8. The van der Waals surface area contributed by atoms with Crippen LogP contribution in [0.3, 0.4) is 0 Å². The zero-order valence-electron chi connectivity index (χ0n) is 16.2. The molecule has 29 heavy (non-hydrogen) atoms. The minimum Gasteiger partial charge on any atom is -0.467 e. The topological polar surface area (TPSA) is 99.2 Å². The molecule has 0 aromatic heterocycles. The Kier molecular flexibility index (Phi) is 7.67. The van der Waals surface area contributed by atoms with Gasteiger partial charge in [0.1, 0.15) is 24.0 Å². The molecule has 10 heteroatoms. The summed E-state index contributed by atoms with van der Waals surface area (Å²) in [5.41, 5.74) is -0.347. The van der Waals surface area contributed by atoms with Gasteiger partial charge in [0, 0.05) is 5.41 Å². The quantitative estimate of drug-likeness (QED) is 0.262. The van der Waals surface area contributed by atoms with E-state index in [-0.39, 0.29) is 19.6 Å². The number of benzene rings is 1. The van der Waals surface area contributed by atoms with Gasteiger partial charge in [-0.1, -0.05) is 43.3 Å². The Bertz CT molecular complexity index is 845. The Labute approximate surface area is 175 Å². The maximum Gasteiger partial charge on any atom is 0.410 e. The number of nitrogens with zero attached hydrogens (tertiary/aromatic N) is 1. The first-order chi connectivity index (χ1) is 13.7. The second kappa shape index (κ2) is 9.60. The van der Waals surface area contributed by atoms with Gasteiger partial charge >= 0.3 is 12.1 Å². The highest BCUT2D eigenvalue weighted by molar-refractivity contribution is 7.87. The molecule has 0 radical (unpaired) electrons. The third-order valence-electron chi connectivity index (χ3n) is 4.88. The number of carbonyl (C=O) groups is 2. The molecule has 3 atom stereocenters. The maximum atomic E-state index is 12.8. The Morgan fingerprint density at radius 3 is 2.55 bits per heavy atom. The highest BCUT2D eigenvalue weighted by Crippen LogP contribution is 2.43. The van der Waals surface area contributed by atoms with Crippen LogP contribution in [-0.4, -0.2) is 56.4 Å². The van der Waals surface area contributed by atoms with Crippen LogP contribution >= 0.6 is 11.6 Å². The zero-order chi connectivity index (χ0) is 21.7. The first-order valence-electron chi connectivity index (χ1n) is 8.81. The van der Waals surface area contributed by atoms with E-state index in [1.54, 1.807) is 31.2 Å². The van der Waals surface area contributed by atoms with E-state index in [1.807, 2.05) is 6.07 Å². The van der Waals surface area contributed by atoms with Crippen LogP contribution in [0.1, 0.15) is 18.9 Å². The summed E-state index contributed by atoms with van der Waals surface area (Å²) in [5, 5.41) is -0.755. The van der Waals surface area contributed by atoms with Crippen LogP contribution in [0.25, 0.3) is 0 Å². The van der Waals surface area contributed by atoms with Gasteiger partial charge in [0.2, 0.25) is 0 Å². The van der Waals surface area contributed by atoms with Crippen molar-refractivity contribution in [1.82, 2.24) is 4.90 Å². The molecule has 0 aliphatic carbocycles. The molecule has 1 aliphatic heterocycles. The molecular weight excluding hydrogens is 422 g/mol. The third-order valence-corrected chi connectivity index (χ3v) is 6.47. The van der Waals surface area contributed by atoms with Crippen LogP contribution in [0.4, 0.5) is 4.79 Å². The SMILES string of the molecule is C=CC[C@]1(C)C(OS(=O)(=O)CCl)CN(C(=O)OCc2ccccc2)[C@@H]1C(=O)OC. The molecule has 1 aromatic carbocycles. The molecule has 0 spiro atoms. The lowest BCUT2D eigenvalue weighted by Gasteiger charge is -2.34. The predicted octanol–water partition coefficient (Wildman–Crippen LogP) is 2.67. The van der Waals surface area contributed by atoms with E-state index >= 15 is 0 Å². The average Bonchev–Trinajstić information content (AvgIpc) is 2.98. The lowest BCUT2D eigenvalue weighted by atomic mass is 9.77. The number of ether oxygens (including phenoxy) is 2. The molecule has 160 valence electrons. The minimum atomic E-state index is -4.05. The monoisotopic (exact) mass is 445 g/mol. The number of allylic oxidation sites excluding steroid dienone is 1. The van der Waals surface area contributed by atoms with Gasteiger partial charge in [0.25, 0.3) is 10.1 Å². The number of amides is 1. The third kappa shape index (κ3) is 5.29. The number of carbonyl (C=O) groups excluding carboxylic acids is 2. The molecule has 1 aliphatic rings. The van der Waals surface area contributed by atoms with Gasteiger partial charge in [0.05, 0.1) is 13.7 Å². The molecule has 1 saturated heterocycles. The second-order valence-electron chi connectivity index (χ2n) is 6.87. The summed E-state index contributed by atoms with van der Waals surface area (Å²) >= 11 is 5.45. The van der Waals surface area contributed by atoms with Gasteiger partial charge in [-0.25, -0.2) is 9.59 Å². The van der Waals surface area contributed by atoms with Crippen molar-refractivity contribution >= 4 is 33.8 Å².